The minimum absolute atomic E-state index is 0.0589. The lowest BCUT2D eigenvalue weighted by Gasteiger charge is -2.40. The summed E-state index contributed by atoms with van der Waals surface area (Å²) in [7, 11) is 1.85. The summed E-state index contributed by atoms with van der Waals surface area (Å²) in [5.41, 5.74) is 3.56. The average Bonchev–Trinajstić information content (AvgIpc) is 2.91. The Kier molecular flexibility index (Phi) is 17.1. The summed E-state index contributed by atoms with van der Waals surface area (Å²) in [6, 6.07) is 0. The molecule has 1 fully saturated rings. The smallest absolute Gasteiger partial charge is 0.372 e. The first-order chi connectivity index (χ1) is 18.4. The van der Waals surface area contributed by atoms with Crippen molar-refractivity contribution < 1.29 is 22.0 Å². The maximum atomic E-state index is 13.7. The monoisotopic (exact) mass is 577 g/mol. The summed E-state index contributed by atoms with van der Waals surface area (Å²) in [6.07, 6.45) is 9.65. The normalized spacial score (nSPS) is 20.3. The van der Waals surface area contributed by atoms with Crippen LogP contribution in [0.5, 0.6) is 0 Å². The van der Waals surface area contributed by atoms with Crippen molar-refractivity contribution in [2.24, 2.45) is 4.99 Å². The topological polar surface area (TPSA) is 42.9 Å². The van der Waals surface area contributed by atoms with Gasteiger partial charge >= 0.3 is 6.68 Å². The van der Waals surface area contributed by atoms with Gasteiger partial charge in [0, 0.05) is 62.2 Å². The summed E-state index contributed by atoms with van der Waals surface area (Å²) < 4.78 is 56.3. The van der Waals surface area contributed by atoms with Gasteiger partial charge in [-0.3, -0.25) is 5.32 Å². The van der Waals surface area contributed by atoms with E-state index in [9.17, 15) is 22.0 Å². The Morgan fingerprint density at radius 2 is 1.82 bits per heavy atom. The van der Waals surface area contributed by atoms with Gasteiger partial charge in [0.1, 0.15) is 0 Å². The van der Waals surface area contributed by atoms with Gasteiger partial charge in [-0.2, -0.15) is 13.2 Å². The molecule has 0 aromatic rings. The van der Waals surface area contributed by atoms with Gasteiger partial charge in [0.15, 0.2) is 0 Å². The van der Waals surface area contributed by atoms with E-state index in [-0.39, 0.29) is 32.1 Å². The number of alkyl halides is 5. The van der Waals surface area contributed by atoms with Gasteiger partial charge in [0.25, 0.3) is 5.92 Å². The molecule has 11 heteroatoms. The number of rotatable bonds is 6. The first kappa shape index (κ1) is 36.1. The van der Waals surface area contributed by atoms with Crippen LogP contribution in [-0.2, 0) is 0 Å². The molecule has 3 aliphatic heterocycles. The van der Waals surface area contributed by atoms with E-state index in [2.05, 4.69) is 49.9 Å². The highest BCUT2D eigenvalue weighted by Gasteiger charge is 2.37. The van der Waals surface area contributed by atoms with E-state index in [1.807, 2.05) is 43.0 Å². The molecule has 0 aliphatic carbocycles. The zero-order chi connectivity index (χ0) is 30.2. The van der Waals surface area contributed by atoms with Crippen LogP contribution in [-0.4, -0.2) is 61.2 Å². The molecule has 5 nitrogen and oxygen atoms in total. The van der Waals surface area contributed by atoms with Crippen LogP contribution in [0, 0.1) is 0 Å². The quantitative estimate of drug-likeness (QED) is 0.195. The van der Waals surface area contributed by atoms with Crippen molar-refractivity contribution in [2.75, 3.05) is 26.7 Å². The Balaban J connectivity index is 0.00000162. The first-order valence-electron chi connectivity index (χ1n) is 12.6. The van der Waals surface area contributed by atoms with Crippen LogP contribution in [0.3, 0.4) is 0 Å². The molecule has 3 heterocycles. The van der Waals surface area contributed by atoms with Gasteiger partial charge in [-0.05, 0) is 30.8 Å². The standard InChI is InChI=1S/C23H30ClF2N5.C2H6.C2H4.CHF3/c1-5-18(24)15-19-17(3)30(4)22(31-13-9-23(25,26)10-14-31)29-20(19)8-12-28-21-16(2)7-6-11-27-21;2*1-2;2-1(3)4/h5-7,11,15,21,27-28H,1,3,8-10,12-14H2,2,4H3;1-2H3;1-2H2;1H/b18-15+;;;. The van der Waals surface area contributed by atoms with E-state index in [0.717, 1.165) is 17.0 Å². The molecular weight excluding hydrogens is 537 g/mol. The molecule has 1 atom stereocenters. The molecule has 3 aliphatic rings. The summed E-state index contributed by atoms with van der Waals surface area (Å²) in [6.45, 7) is 17.5. The number of allylic oxidation sites excluding steroid dienone is 5. The molecule has 0 spiro atoms. The molecule has 0 saturated carbocycles. The van der Waals surface area contributed by atoms with Gasteiger partial charge in [-0.25, -0.2) is 13.8 Å². The van der Waals surface area contributed by atoms with Gasteiger partial charge in [-0.15, -0.1) is 13.2 Å². The van der Waals surface area contributed by atoms with Gasteiger partial charge in [0.05, 0.1) is 11.9 Å². The van der Waals surface area contributed by atoms with E-state index >= 15 is 0 Å². The Bertz CT molecular complexity index is 943. The summed E-state index contributed by atoms with van der Waals surface area (Å²) in [4.78, 5) is 8.63. The number of dihydropyridines is 1. The van der Waals surface area contributed by atoms with Gasteiger partial charge in [0.2, 0.25) is 5.96 Å². The molecule has 220 valence electrons. The highest BCUT2D eigenvalue weighted by Crippen LogP contribution is 2.32. The highest BCUT2D eigenvalue weighted by molar-refractivity contribution is 6.31. The highest BCUT2D eigenvalue weighted by atomic mass is 35.5. The fourth-order valence-corrected chi connectivity index (χ4v) is 3.84. The number of nitrogens with zero attached hydrogens (tertiary/aromatic N) is 3. The van der Waals surface area contributed by atoms with Crippen LogP contribution in [0.2, 0.25) is 0 Å². The largest absolute Gasteiger partial charge is 0.379 e. The van der Waals surface area contributed by atoms with Gasteiger partial charge < -0.3 is 15.1 Å². The second kappa shape index (κ2) is 18.4. The molecule has 0 amide bonds. The lowest BCUT2D eigenvalue weighted by molar-refractivity contribution is -0.0447. The van der Waals surface area contributed by atoms with Crippen molar-refractivity contribution in [3.05, 3.63) is 84.4 Å². The number of likely N-dealkylation sites (N-methyl/N-ethyl adjacent to an activating group) is 1. The maximum Gasteiger partial charge on any atom is 0.379 e. The van der Waals surface area contributed by atoms with E-state index in [0.29, 0.717) is 24.0 Å². The van der Waals surface area contributed by atoms with Crippen molar-refractivity contribution in [3.63, 3.8) is 0 Å². The fraction of sp³-hybridized carbons (Fsp3) is 0.464. The van der Waals surface area contributed by atoms with Crippen molar-refractivity contribution in [3.8, 4) is 0 Å². The first-order valence-corrected chi connectivity index (χ1v) is 12.9. The predicted molar refractivity (Wildman–Crippen MR) is 153 cm³/mol. The minimum Gasteiger partial charge on any atom is -0.372 e. The number of piperidine rings is 1. The molecule has 1 saturated heterocycles. The Morgan fingerprint density at radius 3 is 2.33 bits per heavy atom. The number of guanidine groups is 1. The number of aliphatic imine (C=N–C) groups is 1. The second-order valence-corrected chi connectivity index (χ2v) is 8.61. The molecule has 3 rings (SSSR count). The SMILES string of the molecule is C=C.C=C/C(Cl)=C\C1=C(CCNC2NC=CC=C2C)N=C(N2CCC(F)(F)CC2)N(C)C1=C.CC.FC(F)F. The number of nitrogens with one attached hydrogen (secondary N) is 2. The lowest BCUT2D eigenvalue weighted by Crippen LogP contribution is -2.49. The van der Waals surface area contributed by atoms with Crippen molar-refractivity contribution in [2.45, 2.75) is 58.8 Å². The van der Waals surface area contributed by atoms with Crippen LogP contribution >= 0.6 is 11.6 Å². The second-order valence-electron chi connectivity index (χ2n) is 8.18. The third-order valence-corrected chi connectivity index (χ3v) is 5.96. The third-order valence-electron chi connectivity index (χ3n) is 5.70. The van der Waals surface area contributed by atoms with Crippen LogP contribution in [0.15, 0.2) is 89.4 Å². The van der Waals surface area contributed by atoms with Crippen molar-refractivity contribution in [1.82, 2.24) is 20.4 Å². The Hall–Kier alpha value is -2.85. The fourth-order valence-electron chi connectivity index (χ4n) is 3.73. The van der Waals surface area contributed by atoms with Crippen LogP contribution in [0.1, 0.15) is 40.0 Å². The molecule has 0 aromatic carbocycles. The number of hydrogen-bond acceptors (Lipinski definition) is 5. The van der Waals surface area contributed by atoms with E-state index in [1.165, 1.54) is 5.57 Å². The van der Waals surface area contributed by atoms with Crippen molar-refractivity contribution >= 4 is 17.6 Å². The molecule has 0 radical (unpaired) electrons. The summed E-state index contributed by atoms with van der Waals surface area (Å²) >= 11 is 6.23. The summed E-state index contributed by atoms with van der Waals surface area (Å²) in [5, 5.41) is 7.24. The molecule has 0 bridgehead atoms. The zero-order valence-corrected chi connectivity index (χ0v) is 24.0. The molecule has 39 heavy (non-hydrogen) atoms. The maximum absolute atomic E-state index is 13.7. The van der Waals surface area contributed by atoms with Crippen molar-refractivity contribution in [1.29, 1.82) is 0 Å². The van der Waals surface area contributed by atoms with Crippen LogP contribution < -0.4 is 10.6 Å². The van der Waals surface area contributed by atoms with E-state index in [4.69, 9.17) is 16.6 Å². The minimum atomic E-state index is -3.67. The molecule has 1 unspecified atom stereocenters. The molecule has 0 aromatic heterocycles. The van der Waals surface area contributed by atoms with Crippen LogP contribution in [0.25, 0.3) is 0 Å². The zero-order valence-electron chi connectivity index (χ0n) is 23.2. The number of likely N-dealkylation sites (tertiary alicyclic amines) is 1. The molecular formula is C28H41ClF5N5. The van der Waals surface area contributed by atoms with Gasteiger partial charge in [-0.1, -0.05) is 50.8 Å². The Morgan fingerprint density at radius 1 is 1.26 bits per heavy atom. The molecule has 2 N–H and O–H groups in total. The number of halogens is 6. The average molecular weight is 578 g/mol. The van der Waals surface area contributed by atoms with E-state index in [1.54, 1.807) is 12.2 Å². The van der Waals surface area contributed by atoms with Crippen LogP contribution in [0.4, 0.5) is 22.0 Å². The predicted octanol–water partition coefficient (Wildman–Crippen LogP) is 7.47. The lowest BCUT2D eigenvalue weighted by atomic mass is 10.0. The van der Waals surface area contributed by atoms with E-state index < -0.39 is 12.6 Å². The Labute approximate surface area is 234 Å². The third kappa shape index (κ3) is 12.3. The summed E-state index contributed by atoms with van der Waals surface area (Å²) in [5.74, 6) is -1.96. The number of hydrogen-bond donors (Lipinski definition) is 2.